The van der Waals surface area contributed by atoms with Gasteiger partial charge in [0.2, 0.25) is 0 Å². The highest BCUT2D eigenvalue weighted by molar-refractivity contribution is 8.18. The summed E-state index contributed by atoms with van der Waals surface area (Å²) in [5.41, 5.74) is 3.60. The van der Waals surface area contributed by atoms with Crippen molar-refractivity contribution in [3.05, 3.63) is 64.3 Å². The van der Waals surface area contributed by atoms with Crippen LogP contribution in [0.15, 0.2) is 58.7 Å². The monoisotopic (exact) mass is 481 g/mol. The number of rotatable bonds is 6. The molecule has 0 saturated carbocycles. The number of hydrogen-bond acceptors (Lipinski definition) is 6. The van der Waals surface area contributed by atoms with Crippen LogP contribution in [0.2, 0.25) is 5.02 Å². The molecule has 2 fully saturated rings. The topological polar surface area (TPSA) is 71.8 Å². The number of amidine groups is 1. The van der Waals surface area contributed by atoms with Crippen molar-refractivity contribution in [2.75, 3.05) is 32.8 Å². The Hall–Kier alpha value is -2.65. The Balaban J connectivity index is 1.30. The van der Waals surface area contributed by atoms with Gasteiger partial charge in [-0.1, -0.05) is 29.8 Å². The zero-order valence-corrected chi connectivity index (χ0v) is 19.6. The van der Waals surface area contributed by atoms with E-state index < -0.39 is 0 Å². The number of benzene rings is 2. The largest absolute Gasteiger partial charge is 0.379 e. The summed E-state index contributed by atoms with van der Waals surface area (Å²) < 4.78 is 7.61. The molecule has 2 aliphatic heterocycles. The molecule has 0 aliphatic carbocycles. The summed E-state index contributed by atoms with van der Waals surface area (Å²) in [5, 5.41) is 3.89. The number of ether oxygens (including phenoxy) is 1. The van der Waals surface area contributed by atoms with Crippen molar-refractivity contribution in [2.45, 2.75) is 13.0 Å². The van der Waals surface area contributed by atoms with Gasteiger partial charge >= 0.3 is 0 Å². The van der Waals surface area contributed by atoms with Crippen LogP contribution in [0.25, 0.3) is 17.1 Å². The fourth-order valence-electron chi connectivity index (χ4n) is 3.91. The number of aryl methyl sites for hydroxylation is 1. The Morgan fingerprint density at radius 1 is 1.18 bits per heavy atom. The Morgan fingerprint density at radius 3 is 2.88 bits per heavy atom. The Morgan fingerprint density at radius 2 is 2.03 bits per heavy atom. The molecular weight excluding hydrogens is 458 g/mol. The molecule has 0 bridgehead atoms. The second-order valence-electron chi connectivity index (χ2n) is 7.93. The molecule has 0 radical (unpaired) electrons. The van der Waals surface area contributed by atoms with Gasteiger partial charge in [0.25, 0.3) is 5.91 Å². The van der Waals surface area contributed by atoms with Gasteiger partial charge < -0.3 is 14.6 Å². The predicted octanol–water partition coefficient (Wildman–Crippen LogP) is 4.30. The maximum Gasteiger partial charge on any atom is 0.264 e. The van der Waals surface area contributed by atoms with Crippen molar-refractivity contribution in [3.8, 4) is 0 Å². The number of thioether (sulfide) groups is 1. The number of nitrogens with one attached hydrogen (secondary N) is 1. The number of aliphatic imine (C=N–C) groups is 1. The van der Waals surface area contributed by atoms with E-state index in [2.05, 4.69) is 30.8 Å². The van der Waals surface area contributed by atoms with Gasteiger partial charge in [-0.15, -0.1) is 0 Å². The van der Waals surface area contributed by atoms with Crippen LogP contribution < -0.4 is 5.32 Å². The number of para-hydroxylation sites is 1. The first-order valence-electron chi connectivity index (χ1n) is 10.9. The van der Waals surface area contributed by atoms with E-state index in [9.17, 15) is 4.79 Å². The predicted molar refractivity (Wildman–Crippen MR) is 134 cm³/mol. The van der Waals surface area contributed by atoms with Gasteiger partial charge in [-0.2, -0.15) is 0 Å². The first-order valence-corrected chi connectivity index (χ1v) is 12.1. The third-order valence-electron chi connectivity index (χ3n) is 5.65. The third-order valence-corrected chi connectivity index (χ3v) is 6.87. The summed E-state index contributed by atoms with van der Waals surface area (Å²) in [6, 6.07) is 13.4. The zero-order chi connectivity index (χ0) is 22.6. The molecule has 1 N–H and O–H groups in total. The lowest BCUT2D eigenvalue weighted by atomic mass is 10.2. The van der Waals surface area contributed by atoms with Gasteiger partial charge in [0.05, 0.1) is 46.2 Å². The number of aromatic nitrogens is 2. The number of carbonyl (C=O) groups excluding carboxylic acids is 1. The number of fused-ring (bicyclic) bond motifs is 1. The Kier molecular flexibility index (Phi) is 6.78. The molecule has 1 aromatic heterocycles. The molecule has 5 rings (SSSR count). The van der Waals surface area contributed by atoms with E-state index in [1.807, 2.05) is 42.7 Å². The minimum atomic E-state index is -0.162. The van der Waals surface area contributed by atoms with Crippen LogP contribution in [0.5, 0.6) is 0 Å². The van der Waals surface area contributed by atoms with Crippen LogP contribution in [0.1, 0.15) is 12.0 Å². The van der Waals surface area contributed by atoms with Crippen molar-refractivity contribution in [1.82, 2.24) is 19.8 Å². The van der Waals surface area contributed by atoms with Crippen LogP contribution in [0.4, 0.5) is 5.69 Å². The molecule has 2 aromatic carbocycles. The second-order valence-corrected chi connectivity index (χ2v) is 9.36. The number of imidazole rings is 1. The van der Waals surface area contributed by atoms with Crippen molar-refractivity contribution in [2.24, 2.45) is 4.99 Å². The van der Waals surface area contributed by atoms with E-state index in [1.54, 1.807) is 6.07 Å². The van der Waals surface area contributed by atoms with Crippen molar-refractivity contribution >= 4 is 57.2 Å². The van der Waals surface area contributed by atoms with Crippen LogP contribution in [0.3, 0.4) is 0 Å². The number of halogens is 1. The fourth-order valence-corrected chi connectivity index (χ4v) is 4.93. The molecule has 33 heavy (non-hydrogen) atoms. The van der Waals surface area contributed by atoms with Gasteiger partial charge in [0.15, 0.2) is 5.17 Å². The van der Waals surface area contributed by atoms with Gasteiger partial charge in [0, 0.05) is 26.2 Å². The number of nitrogens with zero attached hydrogens (tertiary/aromatic N) is 4. The van der Waals surface area contributed by atoms with Crippen LogP contribution in [0, 0.1) is 0 Å². The molecule has 9 heteroatoms. The molecule has 3 aromatic rings. The SMILES string of the molecule is O=C1NC(=Nc2ccccc2Cl)S/C1=C\c1ccc2ncn(CCCN3CCOCC3)c2c1. The minimum Gasteiger partial charge on any atom is -0.379 e. The van der Waals surface area contributed by atoms with E-state index in [0.29, 0.717) is 20.8 Å². The smallest absolute Gasteiger partial charge is 0.264 e. The van der Waals surface area contributed by atoms with Gasteiger partial charge in [-0.3, -0.25) is 9.69 Å². The normalized spacial score (nSPS) is 19.6. The average Bonchev–Trinajstić information content (AvgIpc) is 3.38. The first kappa shape index (κ1) is 22.2. The van der Waals surface area contributed by atoms with E-state index >= 15 is 0 Å². The summed E-state index contributed by atoms with van der Waals surface area (Å²) >= 11 is 7.50. The summed E-state index contributed by atoms with van der Waals surface area (Å²) in [4.78, 5) is 24.5. The molecule has 2 aliphatic rings. The summed E-state index contributed by atoms with van der Waals surface area (Å²) in [6.45, 7) is 5.60. The summed E-state index contributed by atoms with van der Waals surface area (Å²) in [6.07, 6.45) is 4.84. The van der Waals surface area contributed by atoms with Gasteiger partial charge in [-0.25, -0.2) is 9.98 Å². The van der Waals surface area contributed by atoms with Gasteiger partial charge in [-0.05, 0) is 54.1 Å². The maximum atomic E-state index is 12.5. The highest BCUT2D eigenvalue weighted by atomic mass is 35.5. The molecule has 0 spiro atoms. The van der Waals surface area contributed by atoms with Crippen molar-refractivity contribution < 1.29 is 9.53 Å². The minimum absolute atomic E-state index is 0.162. The Labute approximate surface area is 201 Å². The number of hydrogen-bond donors (Lipinski definition) is 1. The molecule has 2 saturated heterocycles. The fraction of sp³-hybridized carbons (Fsp3) is 0.292. The number of morpholine rings is 1. The van der Waals surface area contributed by atoms with E-state index in [1.165, 1.54) is 11.8 Å². The van der Waals surface area contributed by atoms with Crippen molar-refractivity contribution in [3.63, 3.8) is 0 Å². The summed E-state index contributed by atoms with van der Waals surface area (Å²) in [7, 11) is 0. The standard InChI is InChI=1S/C24H24ClN5O2S/c25-18-4-1-2-5-19(18)27-24-28-23(31)22(33-24)15-17-6-7-20-21(14-17)30(16-26-20)9-3-8-29-10-12-32-13-11-29/h1-2,4-7,14-16H,3,8-13H2,(H,27,28,31)/b22-15-. The number of amides is 1. The maximum absolute atomic E-state index is 12.5. The van der Waals surface area contributed by atoms with E-state index in [-0.39, 0.29) is 5.91 Å². The molecule has 0 unspecified atom stereocenters. The molecule has 170 valence electrons. The molecule has 1 amide bonds. The Bertz CT molecular complexity index is 1230. The lowest BCUT2D eigenvalue weighted by molar-refractivity contribution is -0.115. The molecule has 7 nitrogen and oxygen atoms in total. The van der Waals surface area contributed by atoms with Crippen LogP contribution in [-0.4, -0.2) is 58.4 Å². The highest BCUT2D eigenvalue weighted by Gasteiger charge is 2.24. The van der Waals surface area contributed by atoms with Crippen molar-refractivity contribution in [1.29, 1.82) is 0 Å². The third kappa shape index (κ3) is 5.30. The lowest BCUT2D eigenvalue weighted by Crippen LogP contribution is -2.37. The van der Waals surface area contributed by atoms with E-state index in [0.717, 1.165) is 62.4 Å². The number of carbonyl (C=O) groups is 1. The highest BCUT2D eigenvalue weighted by Crippen LogP contribution is 2.31. The zero-order valence-electron chi connectivity index (χ0n) is 18.0. The lowest BCUT2D eigenvalue weighted by Gasteiger charge is -2.26. The van der Waals surface area contributed by atoms with Crippen LogP contribution >= 0.6 is 23.4 Å². The van der Waals surface area contributed by atoms with E-state index in [4.69, 9.17) is 16.3 Å². The second kappa shape index (κ2) is 10.1. The average molecular weight is 482 g/mol. The van der Waals surface area contributed by atoms with Crippen LogP contribution in [-0.2, 0) is 16.1 Å². The first-order chi connectivity index (χ1) is 16.2. The molecule has 3 heterocycles. The quantitative estimate of drug-likeness (QED) is 0.531. The summed E-state index contributed by atoms with van der Waals surface area (Å²) in [5.74, 6) is -0.162. The molecule has 0 atom stereocenters. The van der Waals surface area contributed by atoms with Gasteiger partial charge in [0.1, 0.15) is 0 Å². The molecular formula is C24H24ClN5O2S.